The molecule has 1 amide bonds. The topological polar surface area (TPSA) is 56.2 Å². The average Bonchev–Trinajstić information content (AvgIpc) is 3.18. The van der Waals surface area contributed by atoms with Crippen LogP contribution in [-0.4, -0.2) is 34.9 Å². The largest absolute Gasteiger partial charge is 0.379 e. The second-order valence-corrected chi connectivity index (χ2v) is 6.98. The van der Waals surface area contributed by atoms with Crippen LogP contribution in [0.1, 0.15) is 18.4 Å². The van der Waals surface area contributed by atoms with Gasteiger partial charge in [-0.15, -0.1) is 0 Å². The van der Waals surface area contributed by atoms with Crippen LogP contribution in [0, 0.1) is 5.82 Å². The molecule has 1 fully saturated rings. The molecule has 1 unspecified atom stereocenters. The van der Waals surface area contributed by atoms with Gasteiger partial charge < -0.3 is 10.1 Å². The van der Waals surface area contributed by atoms with Gasteiger partial charge in [-0.05, 0) is 55.3 Å². The third kappa shape index (κ3) is 4.78. The molecule has 0 bridgehead atoms. The molecule has 2 heterocycles. The van der Waals surface area contributed by atoms with Crippen LogP contribution in [0.25, 0.3) is 23.0 Å². The summed E-state index contributed by atoms with van der Waals surface area (Å²) in [5.74, 6) is -0.472. The molecule has 1 aliphatic heterocycles. The van der Waals surface area contributed by atoms with Crippen molar-refractivity contribution in [3.63, 3.8) is 0 Å². The minimum absolute atomic E-state index is 0.0458. The van der Waals surface area contributed by atoms with E-state index in [1.165, 1.54) is 18.2 Å². The van der Waals surface area contributed by atoms with Gasteiger partial charge in [0, 0.05) is 30.0 Å². The minimum atomic E-state index is -0.303. The molecule has 5 nitrogen and oxygen atoms in total. The Labute approximate surface area is 168 Å². The Morgan fingerprint density at radius 2 is 1.97 bits per heavy atom. The summed E-state index contributed by atoms with van der Waals surface area (Å²) < 4.78 is 20.5. The van der Waals surface area contributed by atoms with Gasteiger partial charge in [0.1, 0.15) is 5.82 Å². The highest BCUT2D eigenvalue weighted by molar-refractivity contribution is 5.93. The molecule has 0 aliphatic carbocycles. The van der Waals surface area contributed by atoms with E-state index in [0.717, 1.165) is 36.3 Å². The summed E-state index contributed by atoms with van der Waals surface area (Å²) in [5, 5.41) is 7.63. The second kappa shape index (κ2) is 8.84. The van der Waals surface area contributed by atoms with Gasteiger partial charge in [0.05, 0.1) is 24.0 Å². The molecule has 1 aromatic heterocycles. The predicted octanol–water partition coefficient (Wildman–Crippen LogP) is 3.99. The Morgan fingerprint density at radius 3 is 2.69 bits per heavy atom. The van der Waals surface area contributed by atoms with Crippen molar-refractivity contribution in [1.82, 2.24) is 15.1 Å². The van der Waals surface area contributed by atoms with Crippen LogP contribution in [0.3, 0.4) is 0 Å². The van der Waals surface area contributed by atoms with Gasteiger partial charge in [0.2, 0.25) is 5.91 Å². The summed E-state index contributed by atoms with van der Waals surface area (Å²) in [6.07, 6.45) is 6.99. The molecule has 2 aromatic carbocycles. The zero-order valence-electron chi connectivity index (χ0n) is 15.9. The third-order valence-electron chi connectivity index (χ3n) is 4.80. The summed E-state index contributed by atoms with van der Waals surface area (Å²) in [6, 6.07) is 15.9. The Hall–Kier alpha value is -3.25. The molecule has 148 valence electrons. The summed E-state index contributed by atoms with van der Waals surface area (Å²) >= 11 is 0. The van der Waals surface area contributed by atoms with E-state index in [1.807, 2.05) is 36.5 Å². The molecule has 4 rings (SSSR count). The van der Waals surface area contributed by atoms with Gasteiger partial charge in [0.15, 0.2) is 0 Å². The van der Waals surface area contributed by atoms with Crippen molar-refractivity contribution < 1.29 is 13.9 Å². The molecule has 0 saturated carbocycles. The second-order valence-electron chi connectivity index (χ2n) is 6.98. The van der Waals surface area contributed by atoms with E-state index in [2.05, 4.69) is 10.4 Å². The number of nitrogens with one attached hydrogen (secondary N) is 1. The summed E-state index contributed by atoms with van der Waals surface area (Å²) in [7, 11) is 0. The Bertz CT molecular complexity index is 991. The van der Waals surface area contributed by atoms with E-state index in [4.69, 9.17) is 4.74 Å². The quantitative estimate of drug-likeness (QED) is 0.669. The van der Waals surface area contributed by atoms with Crippen molar-refractivity contribution in [1.29, 1.82) is 0 Å². The van der Waals surface area contributed by atoms with Crippen LogP contribution in [-0.2, 0) is 9.53 Å². The van der Waals surface area contributed by atoms with Gasteiger partial charge in [-0.1, -0.05) is 18.2 Å². The molecule has 6 heteroatoms. The lowest BCUT2D eigenvalue weighted by Gasteiger charge is -2.22. The summed E-state index contributed by atoms with van der Waals surface area (Å²) in [6.45, 7) is 1.30. The SMILES string of the molecule is O=C(/C=C/c1cn(-c2ccccc2)nc1-c1ccc(F)cc1)NC1CCCOC1. The maximum absolute atomic E-state index is 13.3. The zero-order valence-corrected chi connectivity index (χ0v) is 15.9. The normalized spacial score (nSPS) is 16.8. The lowest BCUT2D eigenvalue weighted by molar-refractivity contribution is -0.118. The van der Waals surface area contributed by atoms with Crippen LogP contribution < -0.4 is 5.32 Å². The van der Waals surface area contributed by atoms with Gasteiger partial charge in [0.25, 0.3) is 0 Å². The number of nitrogens with zero attached hydrogens (tertiary/aromatic N) is 2. The van der Waals surface area contributed by atoms with Crippen molar-refractivity contribution in [2.75, 3.05) is 13.2 Å². The molecular formula is C23H22FN3O2. The lowest BCUT2D eigenvalue weighted by atomic mass is 10.1. The summed E-state index contributed by atoms with van der Waals surface area (Å²) in [4.78, 5) is 12.3. The standard InChI is InChI=1S/C23H22FN3O2/c24-19-11-8-17(9-12-19)23-18(15-27(26-23)21-6-2-1-3-7-21)10-13-22(28)25-20-5-4-14-29-16-20/h1-3,6-13,15,20H,4-5,14,16H2,(H,25,28)/b13-10+. The minimum Gasteiger partial charge on any atom is -0.379 e. The van der Waals surface area contributed by atoms with E-state index in [-0.39, 0.29) is 17.8 Å². The molecule has 1 saturated heterocycles. The van der Waals surface area contributed by atoms with E-state index in [9.17, 15) is 9.18 Å². The Balaban J connectivity index is 1.61. The number of halogens is 1. The molecule has 1 aliphatic rings. The fourth-order valence-corrected chi connectivity index (χ4v) is 3.32. The molecule has 0 spiro atoms. The fraction of sp³-hybridized carbons (Fsp3) is 0.217. The van der Waals surface area contributed by atoms with E-state index < -0.39 is 0 Å². The lowest BCUT2D eigenvalue weighted by Crippen LogP contribution is -2.39. The van der Waals surface area contributed by atoms with Crippen LogP contribution in [0.15, 0.2) is 66.9 Å². The van der Waals surface area contributed by atoms with E-state index in [1.54, 1.807) is 22.9 Å². The predicted molar refractivity (Wildman–Crippen MR) is 110 cm³/mol. The van der Waals surface area contributed by atoms with E-state index in [0.29, 0.717) is 12.3 Å². The van der Waals surface area contributed by atoms with Gasteiger partial charge in [-0.25, -0.2) is 9.07 Å². The van der Waals surface area contributed by atoms with Crippen molar-refractivity contribution in [3.05, 3.63) is 78.3 Å². The number of aromatic nitrogens is 2. The van der Waals surface area contributed by atoms with Gasteiger partial charge >= 0.3 is 0 Å². The molecule has 3 aromatic rings. The van der Waals surface area contributed by atoms with Crippen LogP contribution >= 0.6 is 0 Å². The maximum atomic E-state index is 13.3. The fourth-order valence-electron chi connectivity index (χ4n) is 3.32. The van der Waals surface area contributed by atoms with Crippen molar-refractivity contribution in [3.8, 4) is 16.9 Å². The monoisotopic (exact) mass is 391 g/mol. The van der Waals surface area contributed by atoms with Crippen molar-refractivity contribution >= 4 is 12.0 Å². The molecule has 29 heavy (non-hydrogen) atoms. The van der Waals surface area contributed by atoms with Crippen LogP contribution in [0.4, 0.5) is 4.39 Å². The summed E-state index contributed by atoms with van der Waals surface area (Å²) in [5.41, 5.74) is 3.13. The number of carbonyl (C=O) groups is 1. The number of carbonyl (C=O) groups excluding carboxylic acids is 1. The zero-order chi connectivity index (χ0) is 20.1. The number of hydrogen-bond acceptors (Lipinski definition) is 3. The first kappa shape index (κ1) is 19.1. The third-order valence-corrected chi connectivity index (χ3v) is 4.80. The average molecular weight is 391 g/mol. The highest BCUT2D eigenvalue weighted by atomic mass is 19.1. The molecule has 1 atom stereocenters. The Morgan fingerprint density at radius 1 is 1.17 bits per heavy atom. The first-order valence-electron chi connectivity index (χ1n) is 9.66. The van der Waals surface area contributed by atoms with Crippen molar-refractivity contribution in [2.24, 2.45) is 0 Å². The first-order valence-corrected chi connectivity index (χ1v) is 9.66. The number of para-hydroxylation sites is 1. The highest BCUT2D eigenvalue weighted by Crippen LogP contribution is 2.25. The Kier molecular flexibility index (Phi) is 5.81. The van der Waals surface area contributed by atoms with E-state index >= 15 is 0 Å². The van der Waals surface area contributed by atoms with Crippen LogP contribution in [0.2, 0.25) is 0 Å². The van der Waals surface area contributed by atoms with Gasteiger partial charge in [-0.3, -0.25) is 4.79 Å². The molecule has 1 N–H and O–H groups in total. The molecule has 0 radical (unpaired) electrons. The van der Waals surface area contributed by atoms with Crippen LogP contribution in [0.5, 0.6) is 0 Å². The highest BCUT2D eigenvalue weighted by Gasteiger charge is 2.15. The maximum Gasteiger partial charge on any atom is 0.244 e. The number of hydrogen-bond donors (Lipinski definition) is 1. The van der Waals surface area contributed by atoms with Gasteiger partial charge in [-0.2, -0.15) is 5.10 Å². The number of amides is 1. The number of ether oxygens (including phenoxy) is 1. The number of benzene rings is 2. The molecular weight excluding hydrogens is 369 g/mol. The smallest absolute Gasteiger partial charge is 0.244 e. The number of rotatable bonds is 5. The first-order chi connectivity index (χ1) is 14.2. The van der Waals surface area contributed by atoms with Crippen molar-refractivity contribution in [2.45, 2.75) is 18.9 Å².